The highest BCUT2D eigenvalue weighted by Gasteiger charge is 2.33. The second-order valence-electron chi connectivity index (χ2n) is 7.19. The third kappa shape index (κ3) is 4.56. The molecule has 2 atom stereocenters. The van der Waals surface area contributed by atoms with Crippen LogP contribution in [0.5, 0.6) is 11.5 Å². The number of nitrogens with one attached hydrogen (secondary N) is 1. The first-order valence-corrected chi connectivity index (χ1v) is 11.1. The van der Waals surface area contributed by atoms with Crippen LogP contribution >= 0.6 is 27.5 Å². The van der Waals surface area contributed by atoms with E-state index in [0.717, 1.165) is 15.7 Å². The van der Waals surface area contributed by atoms with Gasteiger partial charge in [-0.15, -0.1) is 0 Å². The normalized spacial score (nSPS) is 18.3. The molecule has 0 saturated carbocycles. The van der Waals surface area contributed by atoms with Crippen LogP contribution in [0.3, 0.4) is 0 Å². The number of benzene rings is 3. The van der Waals surface area contributed by atoms with E-state index in [4.69, 9.17) is 16.3 Å². The summed E-state index contributed by atoms with van der Waals surface area (Å²) in [6.45, 7) is 2.31. The first-order valence-electron chi connectivity index (χ1n) is 9.95. The van der Waals surface area contributed by atoms with Gasteiger partial charge < -0.3 is 20.5 Å². The van der Waals surface area contributed by atoms with Gasteiger partial charge in [0.15, 0.2) is 17.7 Å². The minimum absolute atomic E-state index is 0.0794. The Labute approximate surface area is 193 Å². The van der Waals surface area contributed by atoms with Crippen molar-refractivity contribution in [2.45, 2.75) is 19.1 Å². The number of halogens is 3. The van der Waals surface area contributed by atoms with Gasteiger partial charge in [-0.25, -0.2) is 4.39 Å². The summed E-state index contributed by atoms with van der Waals surface area (Å²) in [5, 5.41) is 16.5. The molecule has 4 nitrogen and oxygen atoms in total. The number of rotatable bonds is 5. The maximum Gasteiger partial charge on any atom is 0.190 e. The molecule has 0 fully saturated rings. The van der Waals surface area contributed by atoms with Crippen LogP contribution < -0.4 is 15.4 Å². The highest BCUT2D eigenvalue weighted by Crippen LogP contribution is 2.36. The van der Waals surface area contributed by atoms with E-state index in [1.165, 1.54) is 6.07 Å². The second kappa shape index (κ2) is 9.30. The molecule has 0 aromatic heterocycles. The maximum atomic E-state index is 14.8. The van der Waals surface area contributed by atoms with Crippen LogP contribution in [0.4, 0.5) is 4.39 Å². The van der Waals surface area contributed by atoms with Crippen LogP contribution in [0.2, 0.25) is 5.02 Å². The first-order chi connectivity index (χ1) is 15.0. The van der Waals surface area contributed by atoms with E-state index in [1.807, 2.05) is 54.7 Å². The van der Waals surface area contributed by atoms with Crippen molar-refractivity contribution >= 4 is 33.2 Å². The number of phenolic OH excluding ortho intramolecular Hbond substituents is 1. The lowest BCUT2D eigenvalue weighted by Crippen LogP contribution is -2.90. The number of aromatic hydroxyl groups is 1. The molecule has 4 rings (SSSR count). The molecule has 1 aliphatic rings. The van der Waals surface area contributed by atoms with Crippen LogP contribution in [0.15, 0.2) is 71.2 Å². The lowest BCUT2D eigenvalue weighted by Gasteiger charge is -2.30. The number of hydrogen-bond donors (Lipinski definition) is 3. The molecule has 0 aliphatic carbocycles. The molecule has 1 aliphatic heterocycles. The Bertz CT molecular complexity index is 1120. The van der Waals surface area contributed by atoms with Crippen molar-refractivity contribution in [2.75, 3.05) is 6.61 Å². The molecule has 0 amide bonds. The van der Waals surface area contributed by atoms with Crippen molar-refractivity contribution in [1.82, 2.24) is 5.32 Å². The molecule has 0 bridgehead atoms. The lowest BCUT2D eigenvalue weighted by molar-refractivity contribution is -0.731. The molecular formula is C24H22BrClFN2O2+. The molecule has 7 heteroatoms. The van der Waals surface area contributed by atoms with Crippen molar-refractivity contribution in [1.29, 1.82) is 0 Å². The summed E-state index contributed by atoms with van der Waals surface area (Å²) >= 11 is 9.89. The van der Waals surface area contributed by atoms with Gasteiger partial charge in [-0.3, -0.25) is 0 Å². The predicted octanol–water partition coefficient (Wildman–Crippen LogP) is 5.29. The van der Waals surface area contributed by atoms with Gasteiger partial charge in [0.1, 0.15) is 11.9 Å². The van der Waals surface area contributed by atoms with E-state index < -0.39 is 6.17 Å². The van der Waals surface area contributed by atoms with Gasteiger partial charge >= 0.3 is 0 Å². The van der Waals surface area contributed by atoms with E-state index in [0.29, 0.717) is 28.5 Å². The molecule has 0 spiro atoms. The topological polar surface area (TPSA) is 58.1 Å². The van der Waals surface area contributed by atoms with Crippen molar-refractivity contribution in [3.63, 3.8) is 0 Å². The zero-order valence-electron chi connectivity index (χ0n) is 16.8. The third-order valence-corrected chi connectivity index (χ3v) is 6.02. The zero-order valence-corrected chi connectivity index (χ0v) is 19.1. The maximum absolute atomic E-state index is 14.8. The minimum atomic E-state index is -0.493. The highest BCUT2D eigenvalue weighted by atomic mass is 79.9. The molecule has 1 heterocycles. The number of nitrogens with two attached hydrogens (primary N) is 1. The fourth-order valence-corrected chi connectivity index (χ4v) is 4.47. The first kappa shape index (κ1) is 21.7. The molecule has 2 unspecified atom stereocenters. The molecule has 4 N–H and O–H groups in total. The van der Waals surface area contributed by atoms with Crippen molar-refractivity contribution in [3.05, 3.63) is 98.7 Å². The van der Waals surface area contributed by atoms with Crippen molar-refractivity contribution < 1.29 is 19.6 Å². The SMILES string of the molecule is CCOc1cccc(C2C=C(c3cccc(Br)c3)NC(c3c(F)cccc3Cl)[NH2+]2)c1O. The number of phenols is 1. The fourth-order valence-electron chi connectivity index (χ4n) is 3.79. The Morgan fingerprint density at radius 1 is 1.16 bits per heavy atom. The summed E-state index contributed by atoms with van der Waals surface area (Å²) in [4.78, 5) is 0. The summed E-state index contributed by atoms with van der Waals surface area (Å²) < 4.78 is 21.2. The molecule has 31 heavy (non-hydrogen) atoms. The third-order valence-electron chi connectivity index (χ3n) is 5.19. The quantitative estimate of drug-likeness (QED) is 0.442. The Hall–Kier alpha value is -2.54. The van der Waals surface area contributed by atoms with Crippen LogP contribution in [-0.2, 0) is 0 Å². The minimum Gasteiger partial charge on any atom is -0.504 e. The molecule has 160 valence electrons. The number of quaternary nitrogens is 1. The van der Waals surface area contributed by atoms with Crippen LogP contribution in [0.25, 0.3) is 5.70 Å². The van der Waals surface area contributed by atoms with Gasteiger partial charge in [-0.05, 0) is 48.9 Å². The van der Waals surface area contributed by atoms with Gasteiger partial charge in [0, 0.05) is 16.2 Å². The molecule has 3 aromatic rings. The zero-order chi connectivity index (χ0) is 22.0. The number of hydrogen-bond acceptors (Lipinski definition) is 3. The Balaban J connectivity index is 1.82. The monoisotopic (exact) mass is 503 g/mol. The van der Waals surface area contributed by atoms with E-state index in [-0.39, 0.29) is 17.6 Å². The van der Waals surface area contributed by atoms with E-state index in [1.54, 1.807) is 18.2 Å². The highest BCUT2D eigenvalue weighted by molar-refractivity contribution is 9.10. The summed E-state index contributed by atoms with van der Waals surface area (Å²) in [7, 11) is 0. The van der Waals surface area contributed by atoms with Gasteiger partial charge in [0.05, 0.1) is 22.8 Å². The number of para-hydroxylation sites is 1. The van der Waals surface area contributed by atoms with Crippen LogP contribution in [-0.4, -0.2) is 11.7 Å². The van der Waals surface area contributed by atoms with Gasteiger partial charge in [-0.1, -0.05) is 51.8 Å². The number of ether oxygens (including phenoxy) is 1. The van der Waals surface area contributed by atoms with E-state index in [2.05, 4.69) is 21.2 Å². The van der Waals surface area contributed by atoms with Crippen molar-refractivity contribution in [2.24, 2.45) is 0 Å². The molecule has 3 aromatic carbocycles. The fraction of sp³-hybridized carbons (Fsp3) is 0.167. The van der Waals surface area contributed by atoms with Gasteiger partial charge in [0.2, 0.25) is 0 Å². The second-order valence-corrected chi connectivity index (χ2v) is 8.52. The van der Waals surface area contributed by atoms with Gasteiger partial charge in [-0.2, -0.15) is 0 Å². The van der Waals surface area contributed by atoms with Crippen LogP contribution in [0.1, 0.15) is 35.8 Å². The van der Waals surface area contributed by atoms with Crippen LogP contribution in [0, 0.1) is 5.82 Å². The average Bonchev–Trinajstić information content (AvgIpc) is 2.75. The summed E-state index contributed by atoms with van der Waals surface area (Å²) in [6, 6.07) is 17.6. The smallest absolute Gasteiger partial charge is 0.190 e. The molecular weight excluding hydrogens is 483 g/mol. The standard InChI is InChI=1S/C24H21BrClFN2O2/c1-2-31-21-11-4-8-16(23(21)30)20-13-19(14-6-3-7-15(25)12-14)28-24(29-20)22-17(26)9-5-10-18(22)27/h3-13,20,24,28-30H,2H2,1H3/p+1. The Morgan fingerprint density at radius 3 is 2.68 bits per heavy atom. The van der Waals surface area contributed by atoms with E-state index in [9.17, 15) is 9.50 Å². The average molecular weight is 505 g/mol. The summed E-state index contributed by atoms with van der Waals surface area (Å²) in [5.41, 5.74) is 2.80. The lowest BCUT2D eigenvalue weighted by atomic mass is 9.97. The van der Waals surface area contributed by atoms with Crippen molar-refractivity contribution in [3.8, 4) is 11.5 Å². The van der Waals surface area contributed by atoms with Gasteiger partial charge in [0.25, 0.3) is 0 Å². The Morgan fingerprint density at radius 2 is 1.94 bits per heavy atom. The Kier molecular flexibility index (Phi) is 6.51. The predicted molar refractivity (Wildman–Crippen MR) is 123 cm³/mol. The van der Waals surface area contributed by atoms with E-state index >= 15 is 0 Å². The summed E-state index contributed by atoms with van der Waals surface area (Å²) in [6.07, 6.45) is 1.52. The summed E-state index contributed by atoms with van der Waals surface area (Å²) in [5.74, 6) is 0.114. The largest absolute Gasteiger partial charge is 0.504 e. The molecule has 0 radical (unpaired) electrons. The molecule has 0 saturated heterocycles.